The summed E-state index contributed by atoms with van der Waals surface area (Å²) >= 11 is 6.21. The van der Waals surface area contributed by atoms with Gasteiger partial charge in [0.1, 0.15) is 0 Å². The van der Waals surface area contributed by atoms with Gasteiger partial charge in [0.15, 0.2) is 0 Å². The fraction of sp³-hybridized carbons (Fsp3) is 0.583. The Balaban J connectivity index is 0.00000144. The molecule has 0 radical (unpaired) electrons. The summed E-state index contributed by atoms with van der Waals surface area (Å²) in [5, 5.41) is 4.16. The molecule has 18 heavy (non-hydrogen) atoms. The van der Waals surface area contributed by atoms with Gasteiger partial charge in [-0.25, -0.2) is 0 Å². The third kappa shape index (κ3) is 4.25. The molecule has 1 aromatic rings. The second kappa shape index (κ2) is 8.94. The number of halogens is 3. The molecule has 1 aromatic heterocycles. The van der Waals surface area contributed by atoms with Crippen LogP contribution in [0.2, 0.25) is 5.02 Å². The van der Waals surface area contributed by atoms with Crippen molar-refractivity contribution in [1.29, 1.82) is 0 Å². The van der Waals surface area contributed by atoms with E-state index in [1.165, 1.54) is 5.56 Å². The van der Waals surface area contributed by atoms with Gasteiger partial charge in [-0.1, -0.05) is 18.5 Å². The van der Waals surface area contributed by atoms with Crippen molar-refractivity contribution in [3.63, 3.8) is 0 Å². The molecule has 6 heteroatoms. The van der Waals surface area contributed by atoms with Gasteiger partial charge in [-0.3, -0.25) is 9.88 Å². The molecule has 1 aliphatic heterocycles. The number of hydrogen-bond donors (Lipinski definition) is 1. The van der Waals surface area contributed by atoms with Gasteiger partial charge in [-0.05, 0) is 18.1 Å². The van der Waals surface area contributed by atoms with E-state index >= 15 is 0 Å². The van der Waals surface area contributed by atoms with Gasteiger partial charge < -0.3 is 5.32 Å². The molecule has 2 heterocycles. The molecule has 0 bridgehead atoms. The van der Waals surface area contributed by atoms with Crippen molar-refractivity contribution < 1.29 is 0 Å². The average Bonchev–Trinajstić information content (AvgIpc) is 2.34. The van der Waals surface area contributed by atoms with Crippen LogP contribution in [0.25, 0.3) is 0 Å². The Kier molecular flexibility index (Phi) is 8.91. The molecule has 0 spiro atoms. The Morgan fingerprint density at radius 1 is 1.39 bits per heavy atom. The summed E-state index contributed by atoms with van der Waals surface area (Å²) in [7, 11) is 0. The van der Waals surface area contributed by atoms with Gasteiger partial charge in [0.25, 0.3) is 0 Å². The first kappa shape index (κ1) is 17.9. The van der Waals surface area contributed by atoms with Crippen molar-refractivity contribution in [2.24, 2.45) is 0 Å². The van der Waals surface area contributed by atoms with E-state index in [0.717, 1.165) is 37.6 Å². The molecule has 0 amide bonds. The lowest BCUT2D eigenvalue weighted by molar-refractivity contribution is 0.169. The summed E-state index contributed by atoms with van der Waals surface area (Å²) in [4.78, 5) is 6.54. The predicted octanol–water partition coefficient (Wildman–Crippen LogP) is 2.93. The molecule has 0 aromatic carbocycles. The average molecular weight is 313 g/mol. The fourth-order valence-electron chi connectivity index (χ4n) is 2.32. The Hall–Kier alpha value is -0.0600. The van der Waals surface area contributed by atoms with Gasteiger partial charge in [-0.2, -0.15) is 0 Å². The molecular weight excluding hydrogens is 293 g/mol. The fourth-order valence-corrected chi connectivity index (χ4v) is 2.57. The van der Waals surface area contributed by atoms with Gasteiger partial charge >= 0.3 is 0 Å². The molecule has 1 saturated heterocycles. The molecule has 0 saturated carbocycles. The van der Waals surface area contributed by atoms with E-state index in [1.807, 2.05) is 12.3 Å². The van der Waals surface area contributed by atoms with E-state index < -0.39 is 0 Å². The Morgan fingerprint density at radius 3 is 2.61 bits per heavy atom. The minimum absolute atomic E-state index is 0. The molecule has 3 nitrogen and oxygen atoms in total. The van der Waals surface area contributed by atoms with Crippen molar-refractivity contribution in [1.82, 2.24) is 15.2 Å². The van der Waals surface area contributed by atoms with Crippen LogP contribution < -0.4 is 5.32 Å². The smallest absolute Gasteiger partial charge is 0.0637 e. The van der Waals surface area contributed by atoms with Crippen LogP contribution >= 0.6 is 36.4 Å². The first-order valence-electron chi connectivity index (χ1n) is 5.87. The zero-order valence-corrected chi connectivity index (χ0v) is 12.8. The third-order valence-corrected chi connectivity index (χ3v) is 3.46. The highest BCUT2D eigenvalue weighted by Crippen LogP contribution is 2.29. The first-order valence-corrected chi connectivity index (χ1v) is 6.25. The molecule has 104 valence electrons. The maximum Gasteiger partial charge on any atom is 0.0637 e. The molecule has 0 unspecified atom stereocenters. The third-order valence-electron chi connectivity index (χ3n) is 3.14. The lowest BCUT2D eigenvalue weighted by atomic mass is 10.0. The highest BCUT2D eigenvalue weighted by molar-refractivity contribution is 6.31. The first-order chi connectivity index (χ1) is 7.83. The van der Waals surface area contributed by atoms with E-state index in [2.05, 4.69) is 22.1 Å². The van der Waals surface area contributed by atoms with E-state index in [4.69, 9.17) is 11.6 Å². The largest absolute Gasteiger partial charge is 0.314 e. The lowest BCUT2D eigenvalue weighted by Gasteiger charge is -2.35. The number of pyridine rings is 1. The Bertz CT molecular complexity index is 343. The van der Waals surface area contributed by atoms with E-state index in [0.29, 0.717) is 6.04 Å². The van der Waals surface area contributed by atoms with Crippen LogP contribution in [0.1, 0.15) is 24.9 Å². The summed E-state index contributed by atoms with van der Waals surface area (Å²) in [6.07, 6.45) is 4.65. The molecule has 0 aliphatic carbocycles. The van der Waals surface area contributed by atoms with Crippen molar-refractivity contribution in [2.45, 2.75) is 19.4 Å². The van der Waals surface area contributed by atoms with Crippen LogP contribution in [-0.2, 0) is 0 Å². The monoisotopic (exact) mass is 311 g/mol. The molecule has 1 atom stereocenters. The summed E-state index contributed by atoms with van der Waals surface area (Å²) in [6.45, 7) is 6.54. The number of nitrogens with one attached hydrogen (secondary N) is 1. The summed E-state index contributed by atoms with van der Waals surface area (Å²) in [6, 6.07) is 2.47. The van der Waals surface area contributed by atoms with E-state index in [-0.39, 0.29) is 24.8 Å². The maximum atomic E-state index is 6.21. The molecule has 1 fully saturated rings. The Labute approximate surface area is 126 Å². The number of aromatic nitrogens is 1. The maximum absolute atomic E-state index is 6.21. The van der Waals surface area contributed by atoms with E-state index in [1.54, 1.807) is 6.20 Å². The standard InChI is InChI=1S/C12H18ClN3.2ClH/c1-2-12(16-7-5-14-6-8-16)10-3-4-15-9-11(10)13;;/h3-4,9,12,14H,2,5-8H2,1H3;2*1H/t12-;;/m0../s1. The molecule has 1 N–H and O–H groups in total. The number of rotatable bonds is 3. The topological polar surface area (TPSA) is 28.2 Å². The second-order valence-corrected chi connectivity index (χ2v) is 4.51. The predicted molar refractivity (Wildman–Crippen MR) is 81.2 cm³/mol. The number of nitrogens with zero attached hydrogens (tertiary/aromatic N) is 2. The van der Waals surface area contributed by atoms with Crippen LogP contribution in [0.4, 0.5) is 0 Å². The zero-order valence-electron chi connectivity index (χ0n) is 10.4. The summed E-state index contributed by atoms with van der Waals surface area (Å²) < 4.78 is 0. The van der Waals surface area contributed by atoms with Crippen molar-refractivity contribution >= 4 is 36.4 Å². The lowest BCUT2D eigenvalue weighted by Crippen LogP contribution is -2.45. The summed E-state index contributed by atoms with van der Waals surface area (Å²) in [5.74, 6) is 0. The van der Waals surface area contributed by atoms with Gasteiger partial charge in [0.2, 0.25) is 0 Å². The van der Waals surface area contributed by atoms with Crippen LogP contribution in [0.3, 0.4) is 0 Å². The van der Waals surface area contributed by atoms with Crippen molar-refractivity contribution in [3.05, 3.63) is 29.0 Å². The van der Waals surface area contributed by atoms with Crippen LogP contribution in [0, 0.1) is 0 Å². The summed E-state index contributed by atoms with van der Waals surface area (Å²) in [5.41, 5.74) is 1.21. The van der Waals surface area contributed by atoms with Crippen LogP contribution in [0.5, 0.6) is 0 Å². The minimum atomic E-state index is 0. The van der Waals surface area contributed by atoms with Gasteiger partial charge in [-0.15, -0.1) is 24.8 Å². The second-order valence-electron chi connectivity index (χ2n) is 4.11. The SMILES string of the molecule is CC[C@@H](c1ccncc1Cl)N1CCNCC1.Cl.Cl. The van der Waals surface area contributed by atoms with Crippen LogP contribution in [0.15, 0.2) is 18.5 Å². The zero-order chi connectivity index (χ0) is 11.4. The highest BCUT2D eigenvalue weighted by Gasteiger charge is 2.22. The quantitative estimate of drug-likeness (QED) is 0.930. The van der Waals surface area contributed by atoms with E-state index in [9.17, 15) is 0 Å². The molecule has 1 aliphatic rings. The molecule has 2 rings (SSSR count). The number of piperazine rings is 1. The normalized spacial score (nSPS) is 17.4. The van der Waals surface area contributed by atoms with Gasteiger partial charge in [0, 0.05) is 44.6 Å². The Morgan fingerprint density at radius 2 is 2.06 bits per heavy atom. The minimum Gasteiger partial charge on any atom is -0.314 e. The van der Waals surface area contributed by atoms with Crippen molar-refractivity contribution in [2.75, 3.05) is 26.2 Å². The molecular formula is C12H20Cl3N3. The van der Waals surface area contributed by atoms with Crippen molar-refractivity contribution in [3.8, 4) is 0 Å². The van der Waals surface area contributed by atoms with Gasteiger partial charge in [0.05, 0.1) is 5.02 Å². The highest BCUT2D eigenvalue weighted by atomic mass is 35.5. The number of hydrogen-bond acceptors (Lipinski definition) is 3. The van der Waals surface area contributed by atoms with Crippen LogP contribution in [-0.4, -0.2) is 36.1 Å².